The molecule has 0 saturated carbocycles. The zero-order valence-corrected chi connectivity index (χ0v) is 16.6. The number of carbonyl (C=O) groups excluding carboxylic acids is 1. The molecule has 1 saturated heterocycles. The van der Waals surface area contributed by atoms with Crippen LogP contribution in [0.1, 0.15) is 30.6 Å². The molecule has 0 unspecified atom stereocenters. The van der Waals surface area contributed by atoms with E-state index in [1.54, 1.807) is 18.3 Å². The highest BCUT2D eigenvalue weighted by Crippen LogP contribution is 2.35. The summed E-state index contributed by atoms with van der Waals surface area (Å²) in [7, 11) is 0. The molecule has 1 aromatic carbocycles. The molecule has 0 spiro atoms. The van der Waals surface area contributed by atoms with Crippen LogP contribution in [0.2, 0.25) is 5.02 Å². The minimum absolute atomic E-state index is 0.0516. The first-order valence-corrected chi connectivity index (χ1v) is 9.93. The van der Waals surface area contributed by atoms with Gasteiger partial charge in [0.05, 0.1) is 11.4 Å². The molecular formula is C21H19ClN4O3. The minimum atomic E-state index is -0.426. The van der Waals surface area contributed by atoms with Crippen molar-refractivity contribution in [3.63, 3.8) is 0 Å². The largest absolute Gasteiger partial charge is 0.486 e. The van der Waals surface area contributed by atoms with Crippen LogP contribution in [-0.4, -0.2) is 28.4 Å². The molecule has 2 aromatic heterocycles. The highest BCUT2D eigenvalue weighted by Gasteiger charge is 2.24. The normalized spacial score (nSPS) is 16.3. The van der Waals surface area contributed by atoms with Gasteiger partial charge in [0.1, 0.15) is 23.3 Å². The smallest absolute Gasteiger partial charge is 0.260 e. The van der Waals surface area contributed by atoms with Crippen molar-refractivity contribution in [1.82, 2.24) is 9.38 Å². The van der Waals surface area contributed by atoms with Crippen molar-refractivity contribution < 1.29 is 9.53 Å². The van der Waals surface area contributed by atoms with Crippen LogP contribution in [0.3, 0.4) is 0 Å². The monoisotopic (exact) mass is 410 g/mol. The Morgan fingerprint density at radius 3 is 2.83 bits per heavy atom. The van der Waals surface area contributed by atoms with Crippen LogP contribution in [0, 0.1) is 0 Å². The minimum Gasteiger partial charge on any atom is -0.486 e. The number of carbonyl (C=O) groups is 1. The van der Waals surface area contributed by atoms with E-state index in [1.807, 2.05) is 25.1 Å². The highest BCUT2D eigenvalue weighted by atomic mass is 35.5. The number of amides is 1. The Hall–Kier alpha value is -3.06. The fourth-order valence-electron chi connectivity index (χ4n) is 3.77. The Bertz CT molecular complexity index is 1200. The summed E-state index contributed by atoms with van der Waals surface area (Å²) >= 11 is 6.29. The van der Waals surface area contributed by atoms with Crippen molar-refractivity contribution in [2.45, 2.75) is 25.9 Å². The Labute approximate surface area is 171 Å². The Morgan fingerprint density at radius 2 is 2.07 bits per heavy atom. The van der Waals surface area contributed by atoms with Crippen molar-refractivity contribution >= 4 is 34.7 Å². The lowest BCUT2D eigenvalue weighted by Gasteiger charge is -2.32. The van der Waals surface area contributed by atoms with Crippen LogP contribution in [0.15, 0.2) is 41.3 Å². The predicted octanol–water partition coefficient (Wildman–Crippen LogP) is 3.19. The van der Waals surface area contributed by atoms with Crippen LogP contribution in [0.5, 0.6) is 5.75 Å². The maximum absolute atomic E-state index is 12.7. The average Bonchev–Trinajstić information content (AvgIpc) is 3.02. The molecule has 1 amide bonds. The van der Waals surface area contributed by atoms with Crippen LogP contribution >= 0.6 is 11.6 Å². The Balaban J connectivity index is 1.57. The molecule has 8 heteroatoms. The highest BCUT2D eigenvalue weighted by molar-refractivity contribution is 6.30. The molecule has 5 rings (SSSR count). The van der Waals surface area contributed by atoms with Gasteiger partial charge in [-0.05, 0) is 31.5 Å². The average molecular weight is 411 g/mol. The van der Waals surface area contributed by atoms with Crippen molar-refractivity contribution in [2.75, 3.05) is 23.3 Å². The number of pyridine rings is 1. The van der Waals surface area contributed by atoms with Crippen molar-refractivity contribution in [3.05, 3.63) is 63.0 Å². The number of rotatable bonds is 4. The van der Waals surface area contributed by atoms with Gasteiger partial charge in [0.15, 0.2) is 0 Å². The first kappa shape index (κ1) is 18.0. The lowest BCUT2D eigenvalue weighted by molar-refractivity contribution is -0.115. The lowest BCUT2D eigenvalue weighted by Crippen LogP contribution is -2.38. The van der Waals surface area contributed by atoms with Gasteiger partial charge in [-0.15, -0.1) is 0 Å². The number of halogens is 1. The molecular weight excluding hydrogens is 392 g/mol. The molecule has 4 heterocycles. The first-order chi connectivity index (χ1) is 14.0. The molecule has 3 aromatic rings. The maximum atomic E-state index is 12.7. The summed E-state index contributed by atoms with van der Waals surface area (Å²) in [5, 5.41) is 3.26. The van der Waals surface area contributed by atoms with Gasteiger partial charge in [0, 0.05) is 42.2 Å². The summed E-state index contributed by atoms with van der Waals surface area (Å²) < 4.78 is 7.68. The maximum Gasteiger partial charge on any atom is 0.260 e. The lowest BCUT2D eigenvalue weighted by atomic mass is 10.1. The molecule has 0 bridgehead atoms. The molecule has 1 fully saturated rings. The Morgan fingerprint density at radius 1 is 1.24 bits per heavy atom. The van der Waals surface area contributed by atoms with Gasteiger partial charge in [0.2, 0.25) is 5.91 Å². The van der Waals surface area contributed by atoms with E-state index in [4.69, 9.17) is 21.3 Å². The third kappa shape index (κ3) is 3.11. The molecule has 0 aliphatic carbocycles. The van der Waals surface area contributed by atoms with Crippen LogP contribution in [0.25, 0.3) is 5.65 Å². The second-order valence-corrected chi connectivity index (χ2v) is 7.80. The van der Waals surface area contributed by atoms with Crippen molar-refractivity contribution in [1.29, 1.82) is 0 Å². The van der Waals surface area contributed by atoms with E-state index < -0.39 is 6.10 Å². The van der Waals surface area contributed by atoms with Crippen LogP contribution in [0.4, 0.5) is 11.5 Å². The summed E-state index contributed by atoms with van der Waals surface area (Å²) in [5.74, 6) is 1.25. The molecule has 7 nitrogen and oxygen atoms in total. The fraction of sp³-hybridized carbons (Fsp3) is 0.286. The van der Waals surface area contributed by atoms with E-state index in [0.717, 1.165) is 30.8 Å². The van der Waals surface area contributed by atoms with E-state index in [-0.39, 0.29) is 17.9 Å². The zero-order valence-electron chi connectivity index (χ0n) is 15.8. The van der Waals surface area contributed by atoms with Crippen LogP contribution < -0.4 is 20.5 Å². The molecule has 1 atom stereocenters. The number of hydrogen-bond donors (Lipinski definition) is 1. The third-order valence-electron chi connectivity index (χ3n) is 5.41. The SMILES string of the molecule is C[C@@H](Oc1cccc2c1CC(=O)N2)c1cc(Cl)cn2c(=O)cc(N3CCC3)nc12. The first-order valence-electron chi connectivity index (χ1n) is 9.56. The number of benzene rings is 1. The second kappa shape index (κ2) is 6.77. The van der Waals surface area contributed by atoms with E-state index in [0.29, 0.717) is 27.8 Å². The quantitative estimate of drug-likeness (QED) is 0.714. The third-order valence-corrected chi connectivity index (χ3v) is 5.62. The summed E-state index contributed by atoms with van der Waals surface area (Å²) in [6.07, 6.45) is 2.53. The zero-order chi connectivity index (χ0) is 20.1. The van der Waals surface area contributed by atoms with Crippen LogP contribution in [-0.2, 0) is 11.2 Å². The summed E-state index contributed by atoms with van der Waals surface area (Å²) in [6.45, 7) is 3.68. The number of hydrogen-bond acceptors (Lipinski definition) is 5. The summed E-state index contributed by atoms with van der Waals surface area (Å²) in [5.41, 5.74) is 2.67. The topological polar surface area (TPSA) is 75.9 Å². The number of nitrogens with one attached hydrogen (secondary N) is 1. The van der Waals surface area contributed by atoms with E-state index >= 15 is 0 Å². The Kier molecular flexibility index (Phi) is 4.20. The number of fused-ring (bicyclic) bond motifs is 2. The number of aromatic nitrogens is 2. The van der Waals surface area contributed by atoms with Gasteiger partial charge in [-0.1, -0.05) is 17.7 Å². The molecule has 1 N–H and O–H groups in total. The van der Waals surface area contributed by atoms with Gasteiger partial charge in [0.25, 0.3) is 5.56 Å². The molecule has 148 valence electrons. The standard InChI is InChI=1S/C21H19ClN4O3/c1-12(29-17-5-2-4-16-15(17)9-19(27)23-16)14-8-13(22)11-26-20(28)10-18(24-21(14)26)25-6-3-7-25/h2,4-5,8,10-12H,3,6-7,9H2,1H3,(H,23,27)/t12-/m1/s1. The molecule has 2 aliphatic heterocycles. The van der Waals surface area contributed by atoms with Gasteiger partial charge < -0.3 is 15.0 Å². The second-order valence-electron chi connectivity index (χ2n) is 7.37. The molecule has 29 heavy (non-hydrogen) atoms. The van der Waals surface area contributed by atoms with Gasteiger partial charge in [-0.3, -0.25) is 14.0 Å². The molecule has 0 radical (unpaired) electrons. The summed E-state index contributed by atoms with van der Waals surface area (Å²) in [4.78, 5) is 31.2. The summed E-state index contributed by atoms with van der Waals surface area (Å²) in [6, 6.07) is 8.85. The molecule has 2 aliphatic rings. The van der Waals surface area contributed by atoms with Gasteiger partial charge in [-0.2, -0.15) is 0 Å². The van der Waals surface area contributed by atoms with E-state index in [2.05, 4.69) is 10.2 Å². The van der Waals surface area contributed by atoms with Crippen molar-refractivity contribution in [2.24, 2.45) is 0 Å². The number of anilines is 2. The van der Waals surface area contributed by atoms with Gasteiger partial charge in [-0.25, -0.2) is 4.98 Å². The number of ether oxygens (including phenoxy) is 1. The predicted molar refractivity (Wildman–Crippen MR) is 111 cm³/mol. The van der Waals surface area contributed by atoms with E-state index in [9.17, 15) is 9.59 Å². The van der Waals surface area contributed by atoms with Crippen molar-refractivity contribution in [3.8, 4) is 5.75 Å². The van der Waals surface area contributed by atoms with E-state index in [1.165, 1.54) is 4.40 Å². The fourth-order valence-corrected chi connectivity index (χ4v) is 3.99. The van der Waals surface area contributed by atoms with Gasteiger partial charge >= 0.3 is 0 Å². The number of nitrogens with zero attached hydrogens (tertiary/aromatic N) is 3.